The van der Waals surface area contributed by atoms with Crippen LogP contribution in [0.2, 0.25) is 0 Å². The second-order valence-electron chi connectivity index (χ2n) is 6.15. The van der Waals surface area contributed by atoms with Crippen molar-refractivity contribution in [2.45, 2.75) is 58.0 Å². The summed E-state index contributed by atoms with van der Waals surface area (Å²) in [5.74, 6) is 0.572. The predicted molar refractivity (Wildman–Crippen MR) is 77.4 cm³/mol. The summed E-state index contributed by atoms with van der Waals surface area (Å²) in [4.78, 5) is 14.3. The molecule has 2 rings (SSSR count). The maximum absolute atomic E-state index is 12.6. The van der Waals surface area contributed by atoms with Gasteiger partial charge in [-0.3, -0.25) is 0 Å². The number of piperidine rings is 1. The number of sulfonamides is 1. The molecule has 2 fully saturated rings. The molecule has 2 aliphatic rings. The van der Waals surface area contributed by atoms with Gasteiger partial charge in [0, 0.05) is 6.54 Å². The first-order valence-electron chi connectivity index (χ1n) is 7.61. The van der Waals surface area contributed by atoms with Crippen molar-refractivity contribution in [2.75, 3.05) is 12.3 Å². The average molecular weight is 300 g/mol. The summed E-state index contributed by atoms with van der Waals surface area (Å²) in [5.41, 5.74) is 0. The van der Waals surface area contributed by atoms with Crippen LogP contribution in [-0.4, -0.2) is 37.3 Å². The monoisotopic (exact) mass is 300 g/mol. The third-order valence-electron chi connectivity index (χ3n) is 4.56. The normalized spacial score (nSPS) is 29.9. The van der Waals surface area contributed by atoms with Gasteiger partial charge in [0.1, 0.15) is 6.17 Å². The average Bonchev–Trinajstić information content (AvgIpc) is 2.42. The zero-order chi connectivity index (χ0) is 14.6. The van der Waals surface area contributed by atoms with E-state index in [0.29, 0.717) is 6.54 Å². The van der Waals surface area contributed by atoms with Crippen molar-refractivity contribution in [1.29, 1.82) is 0 Å². The molecule has 114 valence electrons. The smallest absolute Gasteiger partial charge is 0.212 e. The Bertz CT molecular complexity index is 465. The highest BCUT2D eigenvalue weighted by Crippen LogP contribution is 2.30. The van der Waals surface area contributed by atoms with Crippen LogP contribution < -0.4 is 0 Å². The molecular weight excluding hydrogens is 276 g/mol. The van der Waals surface area contributed by atoms with Crippen LogP contribution in [0.3, 0.4) is 0 Å². The summed E-state index contributed by atoms with van der Waals surface area (Å²) in [5, 5.41) is 0. The molecule has 0 aromatic carbocycles. The molecular formula is C14H24N2O3S. The van der Waals surface area contributed by atoms with Gasteiger partial charge < -0.3 is 0 Å². The SMILES string of the molecule is CC1CCCN(S(=O)(=O)CC2CCCCC2)C1N=C=O. The van der Waals surface area contributed by atoms with Crippen LogP contribution >= 0.6 is 0 Å². The highest BCUT2D eigenvalue weighted by atomic mass is 32.2. The Morgan fingerprint density at radius 2 is 1.85 bits per heavy atom. The summed E-state index contributed by atoms with van der Waals surface area (Å²) >= 11 is 0. The van der Waals surface area contributed by atoms with Crippen LogP contribution in [-0.2, 0) is 14.8 Å². The first-order chi connectivity index (χ1) is 9.54. The molecule has 1 aliphatic carbocycles. The minimum atomic E-state index is -3.33. The van der Waals surface area contributed by atoms with Gasteiger partial charge in [-0.05, 0) is 37.5 Å². The number of hydrogen-bond acceptors (Lipinski definition) is 4. The zero-order valence-electron chi connectivity index (χ0n) is 12.1. The summed E-state index contributed by atoms with van der Waals surface area (Å²) < 4.78 is 26.7. The molecule has 0 aromatic heterocycles. The van der Waals surface area contributed by atoms with Gasteiger partial charge >= 0.3 is 0 Å². The number of carbonyl (C=O) groups excluding carboxylic acids is 1. The molecule has 0 amide bonds. The van der Waals surface area contributed by atoms with Crippen LogP contribution in [0, 0.1) is 11.8 Å². The van der Waals surface area contributed by atoms with E-state index in [-0.39, 0.29) is 17.6 Å². The lowest BCUT2D eigenvalue weighted by Gasteiger charge is -2.36. The molecule has 5 nitrogen and oxygen atoms in total. The van der Waals surface area contributed by atoms with Gasteiger partial charge in [0.2, 0.25) is 16.1 Å². The van der Waals surface area contributed by atoms with E-state index < -0.39 is 16.2 Å². The van der Waals surface area contributed by atoms with Crippen molar-refractivity contribution in [3.8, 4) is 0 Å². The van der Waals surface area contributed by atoms with Gasteiger partial charge in [0.25, 0.3) is 0 Å². The van der Waals surface area contributed by atoms with Crippen molar-refractivity contribution in [3.05, 3.63) is 0 Å². The van der Waals surface area contributed by atoms with Crippen LogP contribution in [0.25, 0.3) is 0 Å². The van der Waals surface area contributed by atoms with Crippen molar-refractivity contribution < 1.29 is 13.2 Å². The number of nitrogens with zero attached hydrogens (tertiary/aromatic N) is 2. The first-order valence-corrected chi connectivity index (χ1v) is 9.22. The van der Waals surface area contributed by atoms with Crippen molar-refractivity contribution in [3.63, 3.8) is 0 Å². The molecule has 0 aromatic rings. The number of hydrogen-bond donors (Lipinski definition) is 0. The quantitative estimate of drug-likeness (QED) is 0.591. The Balaban J connectivity index is 2.11. The minimum Gasteiger partial charge on any atom is -0.212 e. The van der Waals surface area contributed by atoms with Gasteiger partial charge in [-0.25, -0.2) is 13.2 Å². The standard InChI is InChI=1S/C14H24N2O3S/c1-12-6-5-9-16(14(12)15-11-17)20(18,19)10-13-7-3-2-4-8-13/h12-14H,2-10H2,1H3. The lowest BCUT2D eigenvalue weighted by molar-refractivity contribution is 0.192. The Hall–Kier alpha value is -0.710. The number of aliphatic imine (C=N–C) groups is 1. The van der Waals surface area contributed by atoms with E-state index in [1.807, 2.05) is 6.92 Å². The van der Waals surface area contributed by atoms with Gasteiger partial charge in [-0.15, -0.1) is 0 Å². The Kier molecular flexibility index (Phi) is 5.35. The minimum absolute atomic E-state index is 0.0892. The molecule has 1 heterocycles. The van der Waals surface area contributed by atoms with E-state index in [4.69, 9.17) is 0 Å². The van der Waals surface area contributed by atoms with E-state index in [1.165, 1.54) is 10.7 Å². The fourth-order valence-electron chi connectivity index (χ4n) is 3.43. The summed E-state index contributed by atoms with van der Waals surface area (Å²) in [6.45, 7) is 2.43. The zero-order valence-corrected chi connectivity index (χ0v) is 12.9. The first kappa shape index (κ1) is 15.7. The van der Waals surface area contributed by atoms with Gasteiger partial charge in [-0.1, -0.05) is 26.2 Å². The summed E-state index contributed by atoms with van der Waals surface area (Å²) in [6, 6.07) is 0. The summed E-state index contributed by atoms with van der Waals surface area (Å²) in [6.07, 6.45) is 8.24. The van der Waals surface area contributed by atoms with Crippen LogP contribution in [0.15, 0.2) is 4.99 Å². The molecule has 1 saturated carbocycles. The Morgan fingerprint density at radius 3 is 2.50 bits per heavy atom. The molecule has 0 bridgehead atoms. The van der Waals surface area contributed by atoms with E-state index in [2.05, 4.69) is 4.99 Å². The maximum atomic E-state index is 12.6. The van der Waals surface area contributed by atoms with Crippen LogP contribution in [0.1, 0.15) is 51.9 Å². The maximum Gasteiger partial charge on any atom is 0.236 e. The van der Waals surface area contributed by atoms with E-state index in [1.54, 1.807) is 6.08 Å². The summed E-state index contributed by atoms with van der Waals surface area (Å²) in [7, 11) is -3.33. The third-order valence-corrected chi connectivity index (χ3v) is 6.56. The van der Waals surface area contributed by atoms with Crippen LogP contribution in [0.4, 0.5) is 0 Å². The second kappa shape index (κ2) is 6.83. The molecule has 6 heteroatoms. The Morgan fingerprint density at radius 1 is 1.15 bits per heavy atom. The lowest BCUT2D eigenvalue weighted by Crippen LogP contribution is -2.48. The highest BCUT2D eigenvalue weighted by Gasteiger charge is 2.37. The molecule has 2 atom stereocenters. The van der Waals surface area contributed by atoms with Crippen molar-refractivity contribution in [2.24, 2.45) is 16.8 Å². The highest BCUT2D eigenvalue weighted by molar-refractivity contribution is 7.89. The van der Waals surface area contributed by atoms with Gasteiger partial charge in [0.15, 0.2) is 0 Å². The third kappa shape index (κ3) is 3.68. The fraction of sp³-hybridized carbons (Fsp3) is 0.929. The van der Waals surface area contributed by atoms with Crippen LogP contribution in [0.5, 0.6) is 0 Å². The van der Waals surface area contributed by atoms with Gasteiger partial charge in [0.05, 0.1) is 5.75 Å². The molecule has 2 unspecified atom stereocenters. The van der Waals surface area contributed by atoms with E-state index in [0.717, 1.165) is 38.5 Å². The van der Waals surface area contributed by atoms with E-state index >= 15 is 0 Å². The number of rotatable bonds is 4. The van der Waals surface area contributed by atoms with Gasteiger partial charge in [-0.2, -0.15) is 9.30 Å². The lowest BCUT2D eigenvalue weighted by atomic mass is 9.91. The largest absolute Gasteiger partial charge is 0.236 e. The topological polar surface area (TPSA) is 66.8 Å². The van der Waals surface area contributed by atoms with Crippen molar-refractivity contribution in [1.82, 2.24) is 4.31 Å². The van der Waals surface area contributed by atoms with E-state index in [9.17, 15) is 13.2 Å². The molecule has 1 aliphatic heterocycles. The molecule has 1 saturated heterocycles. The number of isocyanates is 1. The van der Waals surface area contributed by atoms with Crippen molar-refractivity contribution >= 4 is 16.1 Å². The predicted octanol–water partition coefficient (Wildman–Crippen LogP) is 2.29. The molecule has 0 spiro atoms. The fourth-order valence-corrected chi connectivity index (χ4v) is 5.54. The second-order valence-corrected chi connectivity index (χ2v) is 8.11. The Labute approximate surface area is 121 Å². The molecule has 0 N–H and O–H groups in total. The molecule has 20 heavy (non-hydrogen) atoms. The molecule has 0 radical (unpaired) electrons.